The first kappa shape index (κ1) is 17.3. The molecule has 0 aromatic heterocycles. The van der Waals surface area contributed by atoms with Crippen molar-refractivity contribution in [2.45, 2.75) is 0 Å². The highest BCUT2D eigenvalue weighted by Crippen LogP contribution is 2.30. The van der Waals surface area contributed by atoms with Crippen LogP contribution in [0.25, 0.3) is 6.08 Å². The van der Waals surface area contributed by atoms with Crippen LogP contribution in [0, 0.1) is 0 Å². The SMILES string of the molecule is COc1ccc(C2=NC(=Cc3ccc(Cl)c(Cl)c3)C(=O)O2)cc1OC. The van der Waals surface area contributed by atoms with Crippen LogP contribution in [0.2, 0.25) is 10.0 Å². The highest BCUT2D eigenvalue weighted by atomic mass is 35.5. The van der Waals surface area contributed by atoms with E-state index in [0.717, 1.165) is 0 Å². The van der Waals surface area contributed by atoms with Crippen LogP contribution >= 0.6 is 23.2 Å². The molecule has 7 heteroatoms. The molecule has 1 aliphatic rings. The van der Waals surface area contributed by atoms with Gasteiger partial charge in [0.2, 0.25) is 5.90 Å². The fourth-order valence-electron chi connectivity index (χ4n) is 2.26. The van der Waals surface area contributed by atoms with Crippen LogP contribution in [0.4, 0.5) is 0 Å². The van der Waals surface area contributed by atoms with E-state index in [4.69, 9.17) is 37.4 Å². The van der Waals surface area contributed by atoms with Gasteiger partial charge in [0.1, 0.15) is 0 Å². The molecule has 3 rings (SSSR count). The summed E-state index contributed by atoms with van der Waals surface area (Å²) in [5.41, 5.74) is 1.46. The molecule has 0 saturated heterocycles. The molecule has 1 heterocycles. The van der Waals surface area contributed by atoms with Crippen molar-refractivity contribution >= 4 is 41.1 Å². The summed E-state index contributed by atoms with van der Waals surface area (Å²) in [5, 5.41) is 0.832. The van der Waals surface area contributed by atoms with Crippen molar-refractivity contribution in [3.8, 4) is 11.5 Å². The monoisotopic (exact) mass is 377 g/mol. The molecule has 0 bridgehead atoms. The lowest BCUT2D eigenvalue weighted by atomic mass is 10.2. The highest BCUT2D eigenvalue weighted by molar-refractivity contribution is 6.42. The van der Waals surface area contributed by atoms with Crippen LogP contribution in [-0.2, 0) is 9.53 Å². The summed E-state index contributed by atoms with van der Waals surface area (Å²) >= 11 is 11.9. The summed E-state index contributed by atoms with van der Waals surface area (Å²) in [5.74, 6) is 0.733. The van der Waals surface area contributed by atoms with Gasteiger partial charge in [0.15, 0.2) is 17.2 Å². The molecule has 128 valence electrons. The Labute approximate surface area is 154 Å². The first-order valence-electron chi connectivity index (χ1n) is 7.22. The molecule has 1 aliphatic heterocycles. The number of halogens is 2. The van der Waals surface area contributed by atoms with Crippen LogP contribution in [0.5, 0.6) is 11.5 Å². The third-order valence-corrected chi connectivity index (χ3v) is 4.24. The Hall–Kier alpha value is -2.50. The van der Waals surface area contributed by atoms with Crippen molar-refractivity contribution in [1.29, 1.82) is 0 Å². The Morgan fingerprint density at radius 3 is 2.44 bits per heavy atom. The minimum atomic E-state index is -0.546. The predicted octanol–water partition coefficient (Wildman–Crippen LogP) is 4.36. The zero-order valence-corrected chi connectivity index (χ0v) is 14.9. The molecule has 25 heavy (non-hydrogen) atoms. The number of hydrogen-bond acceptors (Lipinski definition) is 5. The summed E-state index contributed by atoms with van der Waals surface area (Å²) in [4.78, 5) is 16.3. The maximum atomic E-state index is 12.1. The molecule has 0 unspecified atom stereocenters. The predicted molar refractivity (Wildman–Crippen MR) is 96.6 cm³/mol. The largest absolute Gasteiger partial charge is 0.493 e. The lowest BCUT2D eigenvalue weighted by molar-refractivity contribution is -0.129. The van der Waals surface area contributed by atoms with Gasteiger partial charge in [-0.3, -0.25) is 0 Å². The molecular weight excluding hydrogens is 365 g/mol. The summed E-state index contributed by atoms with van der Waals surface area (Å²) in [7, 11) is 3.07. The van der Waals surface area contributed by atoms with Gasteiger partial charge in [-0.05, 0) is 42.0 Å². The van der Waals surface area contributed by atoms with E-state index in [1.807, 2.05) is 0 Å². The topological polar surface area (TPSA) is 57.1 Å². The maximum Gasteiger partial charge on any atom is 0.363 e. The fourth-order valence-corrected chi connectivity index (χ4v) is 2.57. The van der Waals surface area contributed by atoms with E-state index in [2.05, 4.69) is 4.99 Å². The van der Waals surface area contributed by atoms with E-state index >= 15 is 0 Å². The average Bonchev–Trinajstić information content (AvgIpc) is 2.98. The third kappa shape index (κ3) is 3.62. The molecule has 0 radical (unpaired) electrons. The number of esters is 1. The molecule has 0 atom stereocenters. The van der Waals surface area contributed by atoms with E-state index < -0.39 is 5.97 Å². The number of hydrogen-bond donors (Lipinski definition) is 0. The van der Waals surface area contributed by atoms with Crippen molar-refractivity contribution in [3.05, 3.63) is 63.3 Å². The highest BCUT2D eigenvalue weighted by Gasteiger charge is 2.25. The number of carbonyl (C=O) groups is 1. The molecular formula is C18H13Cl2NO4. The van der Waals surface area contributed by atoms with Gasteiger partial charge in [-0.2, -0.15) is 0 Å². The zero-order chi connectivity index (χ0) is 18.0. The molecule has 2 aromatic carbocycles. The van der Waals surface area contributed by atoms with E-state index in [9.17, 15) is 4.79 Å². The Morgan fingerprint density at radius 1 is 1.00 bits per heavy atom. The number of ether oxygens (including phenoxy) is 3. The molecule has 2 aromatic rings. The van der Waals surface area contributed by atoms with E-state index in [-0.39, 0.29) is 11.6 Å². The molecule has 0 amide bonds. The fraction of sp³-hybridized carbons (Fsp3) is 0.111. The average molecular weight is 378 g/mol. The number of aliphatic imine (C=N–C) groups is 1. The van der Waals surface area contributed by atoms with E-state index in [1.165, 1.54) is 7.11 Å². The molecule has 0 fully saturated rings. The van der Waals surface area contributed by atoms with Gasteiger partial charge in [-0.1, -0.05) is 29.3 Å². The summed E-state index contributed by atoms with van der Waals surface area (Å²) in [6.45, 7) is 0. The lowest BCUT2D eigenvalue weighted by Gasteiger charge is -2.08. The summed E-state index contributed by atoms with van der Waals surface area (Å²) in [6.07, 6.45) is 1.58. The first-order valence-corrected chi connectivity index (χ1v) is 7.97. The van der Waals surface area contributed by atoms with Gasteiger partial charge < -0.3 is 14.2 Å². The van der Waals surface area contributed by atoms with Gasteiger partial charge in [0.05, 0.1) is 24.3 Å². The number of cyclic esters (lactones) is 1. The van der Waals surface area contributed by atoms with Crippen LogP contribution in [0.1, 0.15) is 11.1 Å². The van der Waals surface area contributed by atoms with Crippen molar-refractivity contribution in [1.82, 2.24) is 0 Å². The molecule has 0 N–H and O–H groups in total. The number of rotatable bonds is 4. The smallest absolute Gasteiger partial charge is 0.363 e. The minimum absolute atomic E-state index is 0.170. The lowest BCUT2D eigenvalue weighted by Crippen LogP contribution is -2.05. The van der Waals surface area contributed by atoms with Crippen LogP contribution < -0.4 is 9.47 Å². The summed E-state index contributed by atoms with van der Waals surface area (Å²) < 4.78 is 15.7. The Kier molecular flexibility index (Phi) is 4.97. The molecule has 5 nitrogen and oxygen atoms in total. The van der Waals surface area contributed by atoms with Gasteiger partial charge in [-0.25, -0.2) is 9.79 Å². The minimum Gasteiger partial charge on any atom is -0.493 e. The quantitative estimate of drug-likeness (QED) is 0.586. The first-order chi connectivity index (χ1) is 12.0. The summed E-state index contributed by atoms with van der Waals surface area (Å²) in [6, 6.07) is 10.2. The van der Waals surface area contributed by atoms with E-state index in [1.54, 1.807) is 49.6 Å². The van der Waals surface area contributed by atoms with Gasteiger partial charge in [0.25, 0.3) is 0 Å². The van der Waals surface area contributed by atoms with Crippen LogP contribution in [-0.4, -0.2) is 26.1 Å². The molecule has 0 saturated carbocycles. The Morgan fingerprint density at radius 2 is 1.76 bits per heavy atom. The number of nitrogens with zero attached hydrogens (tertiary/aromatic N) is 1. The zero-order valence-electron chi connectivity index (χ0n) is 13.4. The Bertz CT molecular complexity index is 906. The second-order valence-corrected chi connectivity index (χ2v) is 5.89. The molecule has 0 aliphatic carbocycles. The number of carbonyl (C=O) groups excluding carboxylic acids is 1. The van der Waals surface area contributed by atoms with Crippen molar-refractivity contribution in [2.24, 2.45) is 4.99 Å². The Balaban J connectivity index is 1.94. The van der Waals surface area contributed by atoms with Crippen LogP contribution in [0.15, 0.2) is 47.1 Å². The van der Waals surface area contributed by atoms with Crippen molar-refractivity contribution in [3.63, 3.8) is 0 Å². The van der Waals surface area contributed by atoms with Gasteiger partial charge in [0, 0.05) is 5.56 Å². The van der Waals surface area contributed by atoms with Gasteiger partial charge >= 0.3 is 5.97 Å². The van der Waals surface area contributed by atoms with E-state index in [0.29, 0.717) is 32.7 Å². The molecule has 0 spiro atoms. The van der Waals surface area contributed by atoms with Gasteiger partial charge in [-0.15, -0.1) is 0 Å². The third-order valence-electron chi connectivity index (χ3n) is 3.50. The standard InChI is InChI=1S/C18H13Cl2NO4/c1-23-15-6-4-11(9-16(15)24-2)17-21-14(18(22)25-17)8-10-3-5-12(19)13(20)7-10/h3-9H,1-2H3. The number of benzene rings is 2. The number of methoxy groups -OCH3 is 2. The normalized spacial score (nSPS) is 15.1. The second-order valence-electron chi connectivity index (χ2n) is 5.08. The van der Waals surface area contributed by atoms with Crippen LogP contribution in [0.3, 0.4) is 0 Å². The maximum absolute atomic E-state index is 12.1. The van der Waals surface area contributed by atoms with Crippen molar-refractivity contribution in [2.75, 3.05) is 14.2 Å². The second kappa shape index (κ2) is 7.17. The van der Waals surface area contributed by atoms with Crippen molar-refractivity contribution < 1.29 is 19.0 Å².